The number of amides is 1. The number of rotatable bonds is 8. The van der Waals surface area contributed by atoms with Crippen LogP contribution in [0.4, 0.5) is 0 Å². The van der Waals surface area contributed by atoms with E-state index in [1.807, 2.05) is 12.3 Å². The van der Waals surface area contributed by atoms with Gasteiger partial charge in [0.25, 0.3) is 5.91 Å². The normalized spacial score (nSPS) is 16.8. The van der Waals surface area contributed by atoms with Crippen molar-refractivity contribution in [1.29, 1.82) is 0 Å². The van der Waals surface area contributed by atoms with Crippen LogP contribution in [0.3, 0.4) is 0 Å². The minimum absolute atomic E-state index is 0.142. The van der Waals surface area contributed by atoms with Crippen LogP contribution in [0.15, 0.2) is 29.8 Å². The second kappa shape index (κ2) is 10.0. The van der Waals surface area contributed by atoms with Gasteiger partial charge in [0.05, 0.1) is 34.8 Å². The minimum Gasteiger partial charge on any atom is -0.375 e. The Balaban J connectivity index is 1.58. The van der Waals surface area contributed by atoms with Crippen molar-refractivity contribution in [2.45, 2.75) is 51.7 Å². The van der Waals surface area contributed by atoms with E-state index in [4.69, 9.17) is 10.5 Å². The Hall–Kier alpha value is -2.20. The van der Waals surface area contributed by atoms with E-state index in [2.05, 4.69) is 55.2 Å². The maximum absolute atomic E-state index is 12.3. The number of nitrogens with zero attached hydrogens (tertiary/aromatic N) is 1. The molecule has 1 fully saturated rings. The number of sulfone groups is 1. The molecule has 1 aliphatic heterocycles. The van der Waals surface area contributed by atoms with Crippen molar-refractivity contribution in [3.05, 3.63) is 45.8 Å². The number of thiophene rings is 1. The summed E-state index contributed by atoms with van der Waals surface area (Å²) in [5, 5.41) is 3.06. The van der Waals surface area contributed by atoms with Crippen molar-refractivity contribution in [2.24, 2.45) is 5.73 Å². The van der Waals surface area contributed by atoms with E-state index in [9.17, 15) is 13.2 Å². The lowest BCUT2D eigenvalue weighted by atomic mass is 9.91. The first kappa shape index (κ1) is 25.9. The van der Waals surface area contributed by atoms with Crippen LogP contribution in [0.1, 0.15) is 60.3 Å². The summed E-state index contributed by atoms with van der Waals surface area (Å²) in [6.45, 7) is 8.50. The molecule has 1 saturated heterocycles. The molecule has 0 saturated carbocycles. The van der Waals surface area contributed by atoms with Crippen molar-refractivity contribution in [3.63, 3.8) is 0 Å². The van der Waals surface area contributed by atoms with Crippen molar-refractivity contribution in [1.82, 2.24) is 9.88 Å². The van der Waals surface area contributed by atoms with Gasteiger partial charge in [-0.15, -0.1) is 11.3 Å². The SMILES string of the molecule is CN(CCOC(C)(C)C)Cc1cc(-c2cc(C(N)=O)c3[nH]cc(C4CCS(=O)(=O)CC4)c3c2)cs1. The van der Waals surface area contributed by atoms with Crippen LogP contribution in [0.25, 0.3) is 22.0 Å². The Morgan fingerprint density at radius 2 is 1.91 bits per heavy atom. The number of benzene rings is 1. The zero-order valence-corrected chi connectivity index (χ0v) is 22.5. The van der Waals surface area contributed by atoms with Crippen LogP contribution in [0, 0.1) is 0 Å². The van der Waals surface area contributed by atoms with Crippen molar-refractivity contribution < 1.29 is 17.9 Å². The number of hydrogen-bond donors (Lipinski definition) is 2. The van der Waals surface area contributed by atoms with Gasteiger partial charge in [0.15, 0.2) is 0 Å². The summed E-state index contributed by atoms with van der Waals surface area (Å²) in [6.07, 6.45) is 3.11. The third kappa shape index (κ3) is 6.33. The average molecular weight is 518 g/mol. The highest BCUT2D eigenvalue weighted by Gasteiger charge is 2.27. The zero-order chi connectivity index (χ0) is 25.4. The molecule has 190 valence electrons. The molecule has 4 rings (SSSR count). The van der Waals surface area contributed by atoms with Gasteiger partial charge >= 0.3 is 0 Å². The molecule has 7 nitrogen and oxygen atoms in total. The van der Waals surface area contributed by atoms with Gasteiger partial charge in [0.2, 0.25) is 0 Å². The van der Waals surface area contributed by atoms with Crippen LogP contribution in [-0.4, -0.2) is 61.5 Å². The molecule has 1 amide bonds. The van der Waals surface area contributed by atoms with Gasteiger partial charge in [-0.25, -0.2) is 8.42 Å². The maximum atomic E-state index is 12.3. The zero-order valence-electron chi connectivity index (χ0n) is 20.9. The number of carbonyl (C=O) groups is 1. The molecule has 3 heterocycles. The maximum Gasteiger partial charge on any atom is 0.250 e. The average Bonchev–Trinajstić information content (AvgIpc) is 3.39. The number of primary amides is 1. The fraction of sp³-hybridized carbons (Fsp3) is 0.500. The van der Waals surface area contributed by atoms with E-state index < -0.39 is 15.7 Å². The number of fused-ring (bicyclic) bond motifs is 1. The number of aromatic amines is 1. The summed E-state index contributed by atoms with van der Waals surface area (Å²) in [6, 6.07) is 6.11. The van der Waals surface area contributed by atoms with Gasteiger partial charge in [0.1, 0.15) is 9.84 Å². The van der Waals surface area contributed by atoms with Crippen molar-refractivity contribution >= 4 is 38.0 Å². The van der Waals surface area contributed by atoms with E-state index >= 15 is 0 Å². The summed E-state index contributed by atoms with van der Waals surface area (Å²) >= 11 is 1.69. The van der Waals surface area contributed by atoms with Crippen LogP contribution >= 0.6 is 11.3 Å². The quantitative estimate of drug-likeness (QED) is 0.457. The molecule has 0 unspecified atom stereocenters. The third-order valence-electron chi connectivity index (χ3n) is 6.50. The van der Waals surface area contributed by atoms with E-state index in [0.717, 1.165) is 40.7 Å². The summed E-state index contributed by atoms with van der Waals surface area (Å²) < 4.78 is 29.7. The third-order valence-corrected chi connectivity index (χ3v) is 9.14. The molecule has 0 aliphatic carbocycles. The lowest BCUT2D eigenvalue weighted by Crippen LogP contribution is -2.27. The first-order chi connectivity index (χ1) is 16.4. The second-order valence-corrected chi connectivity index (χ2v) is 13.8. The van der Waals surface area contributed by atoms with Gasteiger partial charge in [-0.3, -0.25) is 9.69 Å². The second-order valence-electron chi connectivity index (χ2n) is 10.5. The Morgan fingerprint density at radius 1 is 1.20 bits per heavy atom. The monoisotopic (exact) mass is 517 g/mol. The Morgan fingerprint density at radius 3 is 2.57 bits per heavy atom. The number of carbonyl (C=O) groups excluding carboxylic acids is 1. The molecule has 2 aromatic heterocycles. The molecule has 9 heteroatoms. The number of hydrogen-bond acceptors (Lipinski definition) is 6. The number of nitrogens with two attached hydrogens (primary N) is 1. The standard InChI is InChI=1S/C26H35N3O4S2/c1-26(2,3)33-8-7-29(4)15-20-11-19(16-34-20)18-12-21-23(17-5-9-35(31,32)10-6-17)14-28-24(21)22(13-18)25(27)30/h11-14,16-17,28H,5-10,15H2,1-4H3,(H2,27,30). The Kier molecular flexibility index (Phi) is 7.43. The van der Waals surface area contributed by atoms with Gasteiger partial charge in [-0.1, -0.05) is 0 Å². The molecule has 0 bridgehead atoms. The molecular formula is C26H35N3O4S2. The van der Waals surface area contributed by atoms with E-state index in [1.54, 1.807) is 11.3 Å². The predicted octanol–water partition coefficient (Wildman–Crippen LogP) is 4.53. The fourth-order valence-electron chi connectivity index (χ4n) is 4.62. The van der Waals surface area contributed by atoms with Gasteiger partial charge in [-0.05, 0) is 86.8 Å². The van der Waals surface area contributed by atoms with Crippen LogP contribution in [-0.2, 0) is 21.1 Å². The first-order valence-electron chi connectivity index (χ1n) is 12.0. The van der Waals surface area contributed by atoms with E-state index in [-0.39, 0.29) is 23.0 Å². The molecule has 35 heavy (non-hydrogen) atoms. The molecule has 1 aliphatic rings. The number of ether oxygens (including phenoxy) is 1. The van der Waals surface area contributed by atoms with E-state index in [0.29, 0.717) is 25.0 Å². The number of aromatic nitrogens is 1. The molecule has 1 aromatic carbocycles. The van der Waals surface area contributed by atoms with E-state index in [1.165, 1.54) is 4.88 Å². The highest BCUT2D eigenvalue weighted by molar-refractivity contribution is 7.91. The summed E-state index contributed by atoms with van der Waals surface area (Å²) in [5.74, 6) is 0.0693. The number of likely N-dealkylation sites (N-methyl/N-ethyl adjacent to an activating group) is 1. The molecule has 3 aromatic rings. The van der Waals surface area contributed by atoms with Crippen LogP contribution in [0.2, 0.25) is 0 Å². The molecule has 0 spiro atoms. The molecular weight excluding hydrogens is 482 g/mol. The number of H-pyrrole nitrogens is 1. The first-order valence-corrected chi connectivity index (χ1v) is 14.7. The largest absolute Gasteiger partial charge is 0.375 e. The van der Waals surface area contributed by atoms with Crippen molar-refractivity contribution in [3.8, 4) is 11.1 Å². The summed E-state index contributed by atoms with van der Waals surface area (Å²) in [5.41, 5.74) is 9.83. The van der Waals surface area contributed by atoms with Crippen molar-refractivity contribution in [2.75, 3.05) is 31.7 Å². The topological polar surface area (TPSA) is 105 Å². The number of nitrogens with one attached hydrogen (secondary N) is 1. The Bertz CT molecular complexity index is 1300. The van der Waals surface area contributed by atoms with Gasteiger partial charge in [-0.2, -0.15) is 0 Å². The van der Waals surface area contributed by atoms with Crippen LogP contribution < -0.4 is 5.73 Å². The molecule has 0 radical (unpaired) electrons. The predicted molar refractivity (Wildman–Crippen MR) is 143 cm³/mol. The van der Waals surface area contributed by atoms with Crippen LogP contribution in [0.5, 0.6) is 0 Å². The highest BCUT2D eigenvalue weighted by Crippen LogP contribution is 2.38. The summed E-state index contributed by atoms with van der Waals surface area (Å²) in [4.78, 5) is 19.0. The van der Waals surface area contributed by atoms with Gasteiger partial charge < -0.3 is 15.5 Å². The smallest absolute Gasteiger partial charge is 0.250 e. The fourth-order valence-corrected chi connectivity index (χ4v) is 7.08. The lowest BCUT2D eigenvalue weighted by molar-refractivity contribution is -0.0112. The Labute approximate surface area is 211 Å². The van der Waals surface area contributed by atoms with Gasteiger partial charge in [0, 0.05) is 29.5 Å². The molecule has 3 N–H and O–H groups in total. The lowest BCUT2D eigenvalue weighted by Gasteiger charge is -2.22. The summed E-state index contributed by atoms with van der Waals surface area (Å²) in [7, 11) is -0.866. The minimum atomic E-state index is -2.95. The molecule has 0 atom stereocenters. The highest BCUT2D eigenvalue weighted by atomic mass is 32.2.